The van der Waals surface area contributed by atoms with E-state index < -0.39 is 5.97 Å². The van der Waals surface area contributed by atoms with Gasteiger partial charge >= 0.3 is 5.97 Å². The van der Waals surface area contributed by atoms with Crippen LogP contribution in [0.15, 0.2) is 48.7 Å². The largest absolute Gasteiger partial charge is 0.462 e. The molecule has 4 rings (SSSR count). The van der Waals surface area contributed by atoms with Gasteiger partial charge in [-0.1, -0.05) is 29.8 Å². The third-order valence-corrected chi connectivity index (χ3v) is 6.32. The van der Waals surface area contributed by atoms with Gasteiger partial charge in [0.2, 0.25) is 0 Å². The Bertz CT molecular complexity index is 1170. The maximum Gasteiger partial charge on any atom is 0.340 e. The van der Waals surface area contributed by atoms with Gasteiger partial charge in [0.05, 0.1) is 41.0 Å². The highest BCUT2D eigenvalue weighted by Gasteiger charge is 2.28. The van der Waals surface area contributed by atoms with Crippen LogP contribution < -0.4 is 10.6 Å². The van der Waals surface area contributed by atoms with Crippen LogP contribution in [0.3, 0.4) is 0 Å². The summed E-state index contributed by atoms with van der Waals surface area (Å²) in [5.74, 6) is -0.628. The molecule has 2 aromatic carbocycles. The minimum Gasteiger partial charge on any atom is -0.462 e. The van der Waals surface area contributed by atoms with Gasteiger partial charge in [0.1, 0.15) is 0 Å². The second-order valence-corrected chi connectivity index (χ2v) is 8.39. The van der Waals surface area contributed by atoms with E-state index in [2.05, 4.69) is 15.7 Å². The first kappa shape index (κ1) is 25.7. The molecule has 180 valence electrons. The van der Waals surface area contributed by atoms with E-state index in [0.717, 1.165) is 42.9 Å². The molecule has 0 aliphatic carbocycles. The number of carbonyl (C=O) groups excluding carboxylic acids is 2. The van der Waals surface area contributed by atoms with Gasteiger partial charge in [-0.05, 0) is 69.6 Å². The average Bonchev–Trinajstić information content (AvgIpc) is 3.27. The summed E-state index contributed by atoms with van der Waals surface area (Å²) in [7, 11) is 0. The Morgan fingerprint density at radius 1 is 1.15 bits per heavy atom. The molecule has 1 fully saturated rings. The Balaban J connectivity index is 0.00000324. The van der Waals surface area contributed by atoms with Crippen LogP contribution in [0.25, 0.3) is 5.69 Å². The molecular formula is C25H28Cl2N4O3. The fraction of sp³-hybridized carbons (Fsp3) is 0.320. The standard InChI is InChI=1S/C25H27ClN4O3.ClH/c1-3-33-25(32)18-7-4-5-9-21(18)29-24(31)19-15-28-30(22-10-6-8-20(26)16(22)2)23(19)17-11-13-27-14-12-17;/h4-10,15,17,27H,3,11-14H2,1-2H3,(H,29,31);1H. The zero-order chi connectivity index (χ0) is 23.4. The van der Waals surface area contributed by atoms with Crippen LogP contribution in [0.2, 0.25) is 5.02 Å². The lowest BCUT2D eigenvalue weighted by atomic mass is 9.91. The molecule has 0 saturated carbocycles. The summed E-state index contributed by atoms with van der Waals surface area (Å²) >= 11 is 6.38. The van der Waals surface area contributed by atoms with Gasteiger partial charge in [-0.2, -0.15) is 5.10 Å². The number of nitrogens with one attached hydrogen (secondary N) is 2. The zero-order valence-corrected chi connectivity index (χ0v) is 20.7. The van der Waals surface area contributed by atoms with Gasteiger partial charge in [0, 0.05) is 10.9 Å². The smallest absolute Gasteiger partial charge is 0.340 e. The number of nitrogens with zero attached hydrogens (tertiary/aromatic N) is 2. The molecule has 0 radical (unpaired) electrons. The van der Waals surface area contributed by atoms with Crippen molar-refractivity contribution in [2.45, 2.75) is 32.6 Å². The number of carbonyl (C=O) groups is 2. The van der Waals surface area contributed by atoms with Gasteiger partial charge < -0.3 is 15.4 Å². The Hall–Kier alpha value is -2.87. The summed E-state index contributed by atoms with van der Waals surface area (Å²) in [6, 6.07) is 12.5. The van der Waals surface area contributed by atoms with E-state index in [9.17, 15) is 9.59 Å². The van der Waals surface area contributed by atoms with E-state index in [0.29, 0.717) is 21.8 Å². The highest BCUT2D eigenvalue weighted by molar-refractivity contribution is 6.31. The molecule has 1 amide bonds. The molecule has 34 heavy (non-hydrogen) atoms. The van der Waals surface area contributed by atoms with E-state index in [-0.39, 0.29) is 30.8 Å². The van der Waals surface area contributed by atoms with Crippen molar-refractivity contribution in [2.75, 3.05) is 25.0 Å². The molecule has 0 spiro atoms. The lowest BCUT2D eigenvalue weighted by Crippen LogP contribution is -2.29. The molecule has 1 aromatic heterocycles. The van der Waals surface area contributed by atoms with E-state index in [1.807, 2.05) is 29.8 Å². The van der Waals surface area contributed by atoms with Crippen LogP contribution in [0.4, 0.5) is 5.69 Å². The van der Waals surface area contributed by atoms with Crippen LogP contribution in [0.5, 0.6) is 0 Å². The number of anilines is 1. The highest BCUT2D eigenvalue weighted by atomic mass is 35.5. The van der Waals surface area contributed by atoms with Gasteiger partial charge in [-0.3, -0.25) is 4.79 Å². The summed E-state index contributed by atoms with van der Waals surface area (Å²) in [5, 5.41) is 11.5. The lowest BCUT2D eigenvalue weighted by molar-refractivity contribution is 0.0527. The van der Waals surface area contributed by atoms with Crippen LogP contribution in [-0.4, -0.2) is 41.4 Å². The van der Waals surface area contributed by atoms with E-state index in [4.69, 9.17) is 16.3 Å². The molecule has 2 N–H and O–H groups in total. The first-order valence-corrected chi connectivity index (χ1v) is 11.5. The minimum absolute atomic E-state index is 0. The van der Waals surface area contributed by atoms with Gasteiger partial charge in [0.15, 0.2) is 0 Å². The van der Waals surface area contributed by atoms with E-state index >= 15 is 0 Å². The topological polar surface area (TPSA) is 85.2 Å². The first-order valence-electron chi connectivity index (χ1n) is 11.1. The second-order valence-electron chi connectivity index (χ2n) is 7.98. The summed E-state index contributed by atoms with van der Waals surface area (Å²) in [4.78, 5) is 25.8. The fourth-order valence-corrected chi connectivity index (χ4v) is 4.38. The van der Waals surface area contributed by atoms with Gasteiger partial charge in [0.25, 0.3) is 5.91 Å². The van der Waals surface area contributed by atoms with Crippen molar-refractivity contribution in [1.29, 1.82) is 0 Å². The number of rotatable bonds is 6. The van der Waals surface area contributed by atoms with Crippen LogP contribution >= 0.6 is 24.0 Å². The van der Waals surface area contributed by atoms with Crippen molar-refractivity contribution in [2.24, 2.45) is 0 Å². The number of esters is 1. The Kier molecular flexibility index (Phi) is 8.72. The highest BCUT2D eigenvalue weighted by Crippen LogP contribution is 2.33. The number of hydrogen-bond acceptors (Lipinski definition) is 5. The number of ether oxygens (including phenoxy) is 1. The lowest BCUT2D eigenvalue weighted by Gasteiger charge is -2.25. The molecular weight excluding hydrogens is 475 g/mol. The number of para-hydroxylation sites is 1. The third-order valence-electron chi connectivity index (χ3n) is 5.91. The Morgan fingerprint density at radius 2 is 1.88 bits per heavy atom. The monoisotopic (exact) mass is 502 g/mol. The zero-order valence-electron chi connectivity index (χ0n) is 19.1. The molecule has 1 aliphatic heterocycles. The molecule has 0 atom stereocenters. The fourth-order valence-electron chi connectivity index (χ4n) is 4.21. The third kappa shape index (κ3) is 5.27. The number of piperidine rings is 1. The van der Waals surface area contributed by atoms with Crippen molar-refractivity contribution in [3.05, 3.63) is 76.1 Å². The Morgan fingerprint density at radius 3 is 2.62 bits per heavy atom. The summed E-state index contributed by atoms with van der Waals surface area (Å²) < 4.78 is 6.97. The maximum absolute atomic E-state index is 13.4. The van der Waals surface area contributed by atoms with Gasteiger partial charge in [-0.15, -0.1) is 12.4 Å². The molecule has 7 nitrogen and oxygen atoms in total. The van der Waals surface area contributed by atoms with E-state index in [1.165, 1.54) is 0 Å². The average molecular weight is 503 g/mol. The predicted molar refractivity (Wildman–Crippen MR) is 136 cm³/mol. The van der Waals surface area contributed by atoms with Crippen LogP contribution in [0.1, 0.15) is 57.7 Å². The number of halogens is 2. The minimum atomic E-state index is -0.475. The van der Waals surface area contributed by atoms with E-state index in [1.54, 1.807) is 37.4 Å². The molecule has 3 aromatic rings. The number of aromatic nitrogens is 2. The molecule has 0 unspecified atom stereocenters. The molecule has 2 heterocycles. The summed E-state index contributed by atoms with van der Waals surface area (Å²) in [5.41, 5.74) is 3.81. The van der Waals surface area contributed by atoms with Crippen LogP contribution in [0, 0.1) is 6.92 Å². The second kappa shape index (κ2) is 11.5. The molecule has 1 aliphatic rings. The van der Waals surface area contributed by atoms with Crippen molar-refractivity contribution in [1.82, 2.24) is 15.1 Å². The number of benzene rings is 2. The SMILES string of the molecule is CCOC(=O)c1ccccc1NC(=O)c1cnn(-c2cccc(Cl)c2C)c1C1CCNCC1.Cl. The molecule has 9 heteroatoms. The Labute approximate surface area is 210 Å². The number of hydrogen-bond donors (Lipinski definition) is 2. The van der Waals surface area contributed by atoms with Gasteiger partial charge in [-0.25, -0.2) is 9.48 Å². The van der Waals surface area contributed by atoms with Crippen molar-refractivity contribution < 1.29 is 14.3 Å². The normalized spacial score (nSPS) is 13.7. The summed E-state index contributed by atoms with van der Waals surface area (Å²) in [6.07, 6.45) is 3.38. The number of amides is 1. The molecule has 0 bridgehead atoms. The predicted octanol–water partition coefficient (Wildman–Crippen LogP) is 5.15. The van der Waals surface area contributed by atoms with Crippen molar-refractivity contribution in [3.8, 4) is 5.69 Å². The maximum atomic E-state index is 13.4. The van der Waals surface area contributed by atoms with Crippen molar-refractivity contribution >= 4 is 41.6 Å². The summed E-state index contributed by atoms with van der Waals surface area (Å²) in [6.45, 7) is 5.69. The van der Waals surface area contributed by atoms with Crippen LogP contribution in [-0.2, 0) is 4.74 Å². The first-order chi connectivity index (χ1) is 16.0. The van der Waals surface area contributed by atoms with Crippen molar-refractivity contribution in [3.63, 3.8) is 0 Å². The molecule has 1 saturated heterocycles. The quantitative estimate of drug-likeness (QED) is 0.455.